The van der Waals surface area contributed by atoms with Gasteiger partial charge in [-0.1, -0.05) is 34.1 Å². The molecule has 0 fully saturated rings. The first kappa shape index (κ1) is 15.9. The van der Waals surface area contributed by atoms with E-state index >= 15 is 0 Å². The van der Waals surface area contributed by atoms with Crippen LogP contribution in [0.5, 0.6) is 0 Å². The fourth-order valence-electron chi connectivity index (χ4n) is 1.87. The number of carboxylic acid groups (broad SMARTS) is 1. The Morgan fingerprint density at radius 2 is 1.76 bits per heavy atom. The van der Waals surface area contributed by atoms with Gasteiger partial charge in [-0.2, -0.15) is 0 Å². The Morgan fingerprint density at radius 3 is 2.12 bits per heavy atom. The van der Waals surface area contributed by atoms with Gasteiger partial charge in [0.25, 0.3) is 0 Å². The molecule has 0 spiro atoms. The molecule has 0 rings (SSSR count). The van der Waals surface area contributed by atoms with Crippen molar-refractivity contribution in [3.05, 3.63) is 0 Å². The SMILES string of the molecule is CCCC(C)C(=O)NCC(CC)(CC)C(=O)O. The van der Waals surface area contributed by atoms with E-state index < -0.39 is 11.4 Å². The van der Waals surface area contributed by atoms with E-state index in [9.17, 15) is 14.7 Å². The Morgan fingerprint density at radius 1 is 1.24 bits per heavy atom. The minimum absolute atomic E-state index is 0.0415. The highest BCUT2D eigenvalue weighted by Crippen LogP contribution is 2.25. The zero-order chi connectivity index (χ0) is 13.5. The number of nitrogens with one attached hydrogen (secondary N) is 1. The van der Waals surface area contributed by atoms with Crippen LogP contribution in [0, 0.1) is 11.3 Å². The molecule has 0 aromatic rings. The van der Waals surface area contributed by atoms with Gasteiger partial charge in [-0.25, -0.2) is 0 Å². The molecule has 2 N–H and O–H groups in total. The van der Waals surface area contributed by atoms with Crippen LogP contribution in [-0.4, -0.2) is 23.5 Å². The van der Waals surface area contributed by atoms with E-state index in [0.717, 1.165) is 12.8 Å². The average Bonchev–Trinajstić information content (AvgIpc) is 2.30. The molecule has 0 aromatic carbocycles. The molecule has 0 saturated carbocycles. The number of rotatable bonds is 8. The summed E-state index contributed by atoms with van der Waals surface area (Å²) in [6, 6.07) is 0. The van der Waals surface area contributed by atoms with E-state index in [1.54, 1.807) is 0 Å². The molecule has 0 heterocycles. The van der Waals surface area contributed by atoms with Crippen molar-refractivity contribution < 1.29 is 14.7 Å². The third kappa shape index (κ3) is 4.36. The monoisotopic (exact) mass is 243 g/mol. The molecule has 1 atom stereocenters. The Bertz CT molecular complexity index is 259. The molecule has 1 unspecified atom stereocenters. The number of carbonyl (C=O) groups is 2. The Labute approximate surface area is 104 Å². The number of carboxylic acids is 1. The van der Waals surface area contributed by atoms with Crippen molar-refractivity contribution in [3.63, 3.8) is 0 Å². The molecular weight excluding hydrogens is 218 g/mol. The van der Waals surface area contributed by atoms with Crippen LogP contribution < -0.4 is 5.32 Å². The fourth-order valence-corrected chi connectivity index (χ4v) is 1.87. The highest BCUT2D eigenvalue weighted by atomic mass is 16.4. The van der Waals surface area contributed by atoms with Crippen molar-refractivity contribution in [3.8, 4) is 0 Å². The van der Waals surface area contributed by atoms with Crippen molar-refractivity contribution in [1.29, 1.82) is 0 Å². The lowest BCUT2D eigenvalue weighted by Crippen LogP contribution is -2.43. The minimum Gasteiger partial charge on any atom is -0.481 e. The molecule has 0 aliphatic heterocycles. The zero-order valence-electron chi connectivity index (χ0n) is 11.4. The van der Waals surface area contributed by atoms with E-state index in [0.29, 0.717) is 12.8 Å². The van der Waals surface area contributed by atoms with E-state index in [2.05, 4.69) is 5.32 Å². The third-order valence-corrected chi connectivity index (χ3v) is 3.58. The zero-order valence-corrected chi connectivity index (χ0v) is 11.4. The standard InChI is InChI=1S/C13H25NO3/c1-5-8-10(4)11(15)14-9-13(6-2,7-3)12(16)17/h10H,5-9H2,1-4H3,(H,14,15)(H,16,17). The van der Waals surface area contributed by atoms with Crippen LogP contribution in [0.1, 0.15) is 53.4 Å². The Kier molecular flexibility index (Phi) is 6.85. The second-order valence-electron chi connectivity index (χ2n) is 4.70. The molecular formula is C13H25NO3. The topological polar surface area (TPSA) is 66.4 Å². The lowest BCUT2D eigenvalue weighted by Gasteiger charge is -2.27. The van der Waals surface area contributed by atoms with Crippen molar-refractivity contribution >= 4 is 11.9 Å². The lowest BCUT2D eigenvalue weighted by atomic mass is 9.82. The largest absolute Gasteiger partial charge is 0.481 e. The second kappa shape index (κ2) is 7.30. The summed E-state index contributed by atoms with van der Waals surface area (Å²) >= 11 is 0. The summed E-state index contributed by atoms with van der Waals surface area (Å²) in [5.74, 6) is -0.912. The van der Waals surface area contributed by atoms with Gasteiger partial charge in [-0.3, -0.25) is 9.59 Å². The summed E-state index contributed by atoms with van der Waals surface area (Å²) in [5.41, 5.74) is -0.818. The molecule has 100 valence electrons. The highest BCUT2D eigenvalue weighted by molar-refractivity contribution is 5.80. The predicted molar refractivity (Wildman–Crippen MR) is 67.7 cm³/mol. The smallest absolute Gasteiger partial charge is 0.311 e. The maximum Gasteiger partial charge on any atom is 0.311 e. The number of hydrogen-bond donors (Lipinski definition) is 2. The van der Waals surface area contributed by atoms with Gasteiger partial charge in [0.15, 0.2) is 0 Å². The summed E-state index contributed by atoms with van der Waals surface area (Å²) in [6.45, 7) is 7.82. The van der Waals surface area contributed by atoms with E-state index in [4.69, 9.17) is 0 Å². The van der Waals surface area contributed by atoms with Crippen molar-refractivity contribution in [1.82, 2.24) is 5.32 Å². The van der Waals surface area contributed by atoms with Gasteiger partial charge in [0.05, 0.1) is 5.41 Å². The van der Waals surface area contributed by atoms with E-state index in [-0.39, 0.29) is 18.4 Å². The number of hydrogen-bond acceptors (Lipinski definition) is 2. The van der Waals surface area contributed by atoms with E-state index in [1.807, 2.05) is 27.7 Å². The summed E-state index contributed by atoms with van der Waals surface area (Å²) in [4.78, 5) is 23.0. The first-order chi connectivity index (χ1) is 7.93. The molecule has 0 saturated heterocycles. The third-order valence-electron chi connectivity index (χ3n) is 3.58. The van der Waals surface area contributed by atoms with Crippen molar-refractivity contribution in [2.24, 2.45) is 11.3 Å². The van der Waals surface area contributed by atoms with Gasteiger partial charge in [0, 0.05) is 12.5 Å². The van der Waals surface area contributed by atoms with E-state index in [1.165, 1.54) is 0 Å². The number of amides is 1. The van der Waals surface area contributed by atoms with Crippen LogP contribution in [0.15, 0.2) is 0 Å². The van der Waals surface area contributed by atoms with Crippen LogP contribution in [0.3, 0.4) is 0 Å². The van der Waals surface area contributed by atoms with Gasteiger partial charge in [0.2, 0.25) is 5.91 Å². The molecule has 4 heteroatoms. The van der Waals surface area contributed by atoms with Crippen molar-refractivity contribution in [2.45, 2.75) is 53.4 Å². The molecule has 4 nitrogen and oxygen atoms in total. The maximum absolute atomic E-state index is 11.7. The fraction of sp³-hybridized carbons (Fsp3) is 0.846. The Balaban J connectivity index is 4.41. The van der Waals surface area contributed by atoms with Crippen LogP contribution in [-0.2, 0) is 9.59 Å². The van der Waals surface area contributed by atoms with Gasteiger partial charge in [-0.15, -0.1) is 0 Å². The molecule has 17 heavy (non-hydrogen) atoms. The van der Waals surface area contributed by atoms with Crippen LogP contribution in [0.2, 0.25) is 0 Å². The predicted octanol–water partition coefficient (Wildman–Crippen LogP) is 2.43. The summed E-state index contributed by atoms with van der Waals surface area (Å²) in [7, 11) is 0. The lowest BCUT2D eigenvalue weighted by molar-refractivity contribution is -0.149. The highest BCUT2D eigenvalue weighted by Gasteiger charge is 2.35. The molecule has 0 radical (unpaired) electrons. The second-order valence-corrected chi connectivity index (χ2v) is 4.70. The molecule has 0 bridgehead atoms. The first-order valence-electron chi connectivity index (χ1n) is 6.44. The summed E-state index contributed by atoms with van der Waals surface area (Å²) in [6.07, 6.45) is 2.85. The number of carbonyl (C=O) groups excluding carboxylic acids is 1. The molecule has 0 aliphatic rings. The average molecular weight is 243 g/mol. The van der Waals surface area contributed by atoms with Crippen molar-refractivity contribution in [2.75, 3.05) is 6.54 Å². The minimum atomic E-state index is -0.828. The van der Waals surface area contributed by atoms with Crippen LogP contribution in [0.25, 0.3) is 0 Å². The Hall–Kier alpha value is -1.06. The first-order valence-corrected chi connectivity index (χ1v) is 6.44. The molecule has 1 amide bonds. The normalized spacial score (nSPS) is 13.2. The maximum atomic E-state index is 11.7. The van der Waals surface area contributed by atoms with Crippen LogP contribution >= 0.6 is 0 Å². The van der Waals surface area contributed by atoms with Gasteiger partial charge >= 0.3 is 5.97 Å². The molecule has 0 aromatic heterocycles. The van der Waals surface area contributed by atoms with Gasteiger partial charge in [0.1, 0.15) is 0 Å². The summed E-state index contributed by atoms with van der Waals surface area (Å²) in [5, 5.41) is 12.0. The van der Waals surface area contributed by atoms with Gasteiger partial charge in [-0.05, 0) is 19.3 Å². The van der Waals surface area contributed by atoms with Crippen LogP contribution in [0.4, 0.5) is 0 Å². The number of aliphatic carboxylic acids is 1. The quantitative estimate of drug-likeness (QED) is 0.688. The summed E-state index contributed by atoms with van der Waals surface area (Å²) < 4.78 is 0. The molecule has 0 aliphatic carbocycles. The van der Waals surface area contributed by atoms with Gasteiger partial charge < -0.3 is 10.4 Å².